The number of nitriles is 1. The van der Waals surface area contributed by atoms with Gasteiger partial charge in [-0.2, -0.15) is 15.2 Å². The lowest BCUT2D eigenvalue weighted by Crippen LogP contribution is -2.07. The number of benzene rings is 2. The number of anilines is 1. The van der Waals surface area contributed by atoms with Gasteiger partial charge in [0.05, 0.1) is 34.1 Å². The zero-order chi connectivity index (χ0) is 24.6. The zero-order valence-corrected chi connectivity index (χ0v) is 18.7. The second-order valence-electron chi connectivity index (χ2n) is 8.00. The molecule has 0 saturated heterocycles. The van der Waals surface area contributed by atoms with Crippen molar-refractivity contribution in [3.63, 3.8) is 0 Å². The molecule has 0 aliphatic heterocycles. The molecule has 2 aromatic carbocycles. The zero-order valence-electron chi connectivity index (χ0n) is 18.7. The van der Waals surface area contributed by atoms with Gasteiger partial charge in [0.2, 0.25) is 0 Å². The smallest absolute Gasteiger partial charge is 0.155 e. The normalized spacial score (nSPS) is 11.1. The highest BCUT2D eigenvalue weighted by atomic mass is 19.1. The summed E-state index contributed by atoms with van der Waals surface area (Å²) >= 11 is 0. The Morgan fingerprint density at radius 3 is 2.53 bits per heavy atom. The maximum Gasteiger partial charge on any atom is 0.155 e. The van der Waals surface area contributed by atoms with Crippen molar-refractivity contribution in [2.45, 2.75) is 6.54 Å². The predicted molar refractivity (Wildman–Crippen MR) is 132 cm³/mol. The molecule has 0 unspecified atom stereocenters. The van der Waals surface area contributed by atoms with Crippen LogP contribution < -0.4 is 5.73 Å². The highest BCUT2D eigenvalue weighted by molar-refractivity contribution is 6.04. The minimum Gasteiger partial charge on any atom is -0.382 e. The van der Waals surface area contributed by atoms with E-state index < -0.39 is 5.82 Å². The maximum atomic E-state index is 14.3. The van der Waals surface area contributed by atoms with Crippen LogP contribution in [-0.2, 0) is 6.54 Å². The molecule has 0 aliphatic rings. The van der Waals surface area contributed by atoms with E-state index in [0.717, 1.165) is 11.1 Å². The average Bonchev–Trinajstić information content (AvgIpc) is 3.34. The van der Waals surface area contributed by atoms with Crippen molar-refractivity contribution in [3.05, 3.63) is 90.3 Å². The van der Waals surface area contributed by atoms with Gasteiger partial charge in [-0.1, -0.05) is 24.3 Å². The Hall–Kier alpha value is -5.30. The number of nitrogen functional groups attached to an aromatic ring is 1. The fraction of sp³-hybridized carbons (Fsp3) is 0.0385. The molecule has 4 heterocycles. The van der Waals surface area contributed by atoms with E-state index in [-0.39, 0.29) is 18.1 Å². The molecule has 0 saturated carbocycles. The van der Waals surface area contributed by atoms with Gasteiger partial charge in [-0.05, 0) is 35.9 Å². The number of halogens is 1. The van der Waals surface area contributed by atoms with Gasteiger partial charge in [-0.15, -0.1) is 5.10 Å². The van der Waals surface area contributed by atoms with Gasteiger partial charge in [0.15, 0.2) is 11.3 Å². The van der Waals surface area contributed by atoms with E-state index in [0.29, 0.717) is 38.9 Å². The number of nitrogens with two attached hydrogens (primary N) is 1. The molecular formula is C26H16FN9. The molecule has 0 amide bonds. The minimum atomic E-state index is -0.457. The van der Waals surface area contributed by atoms with Crippen molar-refractivity contribution in [1.29, 1.82) is 5.26 Å². The van der Waals surface area contributed by atoms with Crippen LogP contribution >= 0.6 is 0 Å². The molecule has 0 fully saturated rings. The van der Waals surface area contributed by atoms with Crippen LogP contribution in [0.4, 0.5) is 10.2 Å². The second-order valence-corrected chi connectivity index (χ2v) is 8.00. The third kappa shape index (κ3) is 3.56. The number of fused-ring (bicyclic) bond motifs is 2. The molecule has 10 heteroatoms. The number of hydrogen-bond donors (Lipinski definition) is 1. The number of nitrogens with zero attached hydrogens (tertiary/aromatic N) is 8. The molecule has 0 aliphatic carbocycles. The average molecular weight is 473 g/mol. The van der Waals surface area contributed by atoms with Crippen LogP contribution in [0.25, 0.3) is 44.5 Å². The lowest BCUT2D eigenvalue weighted by Gasteiger charge is -2.12. The van der Waals surface area contributed by atoms with Gasteiger partial charge in [-0.25, -0.2) is 9.37 Å². The van der Waals surface area contributed by atoms with E-state index in [1.54, 1.807) is 24.5 Å². The van der Waals surface area contributed by atoms with Crippen LogP contribution in [0.15, 0.2) is 73.2 Å². The van der Waals surface area contributed by atoms with Crippen LogP contribution in [0.2, 0.25) is 0 Å². The number of hydrogen-bond acceptors (Lipinski definition) is 8. The molecule has 0 spiro atoms. The minimum absolute atomic E-state index is 0.00749. The molecule has 172 valence electrons. The summed E-state index contributed by atoms with van der Waals surface area (Å²) in [6, 6.07) is 17.8. The quantitative estimate of drug-likeness (QED) is 0.404. The molecule has 36 heavy (non-hydrogen) atoms. The van der Waals surface area contributed by atoms with Gasteiger partial charge in [0.25, 0.3) is 0 Å². The van der Waals surface area contributed by atoms with E-state index in [9.17, 15) is 9.65 Å². The molecule has 6 rings (SSSR count). The summed E-state index contributed by atoms with van der Waals surface area (Å²) in [5.41, 5.74) is 11.7. The molecule has 6 aromatic rings. The summed E-state index contributed by atoms with van der Waals surface area (Å²) < 4.78 is 14.3. The predicted octanol–water partition coefficient (Wildman–Crippen LogP) is 4.14. The number of aromatic nitrogens is 7. The summed E-state index contributed by atoms with van der Waals surface area (Å²) in [6.07, 6.45) is 4.75. The van der Waals surface area contributed by atoms with Crippen LogP contribution in [0, 0.1) is 17.1 Å². The lowest BCUT2D eigenvalue weighted by atomic mass is 9.95. The van der Waals surface area contributed by atoms with Crippen LogP contribution in [-0.4, -0.2) is 34.9 Å². The van der Waals surface area contributed by atoms with Gasteiger partial charge in [0, 0.05) is 29.7 Å². The molecule has 0 radical (unpaired) electrons. The third-order valence-electron chi connectivity index (χ3n) is 5.79. The first-order valence-electron chi connectivity index (χ1n) is 11.0. The van der Waals surface area contributed by atoms with Gasteiger partial charge in [0.1, 0.15) is 17.9 Å². The van der Waals surface area contributed by atoms with Crippen molar-refractivity contribution < 1.29 is 4.39 Å². The highest BCUT2D eigenvalue weighted by Gasteiger charge is 2.22. The molecule has 0 atom stereocenters. The van der Waals surface area contributed by atoms with Gasteiger partial charge in [-0.3, -0.25) is 15.0 Å². The first kappa shape index (κ1) is 21.2. The molecular weight excluding hydrogens is 457 g/mol. The topological polar surface area (TPSA) is 132 Å². The van der Waals surface area contributed by atoms with E-state index in [1.807, 2.05) is 30.3 Å². The van der Waals surface area contributed by atoms with Gasteiger partial charge >= 0.3 is 0 Å². The SMILES string of the molecule is N#Cc1ccccc1-c1nc(N)c2nn(Cc3ncccc3F)nc2c1-c1ccc2nccnc2c1. The van der Waals surface area contributed by atoms with E-state index >= 15 is 0 Å². The summed E-state index contributed by atoms with van der Waals surface area (Å²) in [7, 11) is 0. The standard InChI is InChI=1S/C26H16FN9/c27-18-6-3-9-30-21(18)14-36-34-24-22(15-7-8-19-20(12-15)32-11-10-31-19)23(33-26(29)25(24)35-36)17-5-2-1-4-16(17)13-28/h1-12H,14H2,(H2,29,33). The van der Waals surface area contributed by atoms with E-state index in [4.69, 9.17) is 5.73 Å². The lowest BCUT2D eigenvalue weighted by molar-refractivity contribution is 0.540. The van der Waals surface area contributed by atoms with Crippen LogP contribution in [0.5, 0.6) is 0 Å². The Bertz CT molecular complexity index is 1820. The Morgan fingerprint density at radius 2 is 1.69 bits per heavy atom. The van der Waals surface area contributed by atoms with Gasteiger partial charge < -0.3 is 5.73 Å². The molecule has 9 nitrogen and oxygen atoms in total. The molecule has 4 aromatic heterocycles. The fourth-order valence-corrected chi connectivity index (χ4v) is 4.14. The summed E-state index contributed by atoms with van der Waals surface area (Å²) in [6.45, 7) is 0.00749. The molecule has 2 N–H and O–H groups in total. The van der Waals surface area contributed by atoms with Crippen LogP contribution in [0.1, 0.15) is 11.3 Å². The Morgan fingerprint density at radius 1 is 0.889 bits per heavy atom. The fourth-order valence-electron chi connectivity index (χ4n) is 4.14. The first-order chi connectivity index (χ1) is 17.6. The van der Waals surface area contributed by atoms with Crippen molar-refractivity contribution in [2.75, 3.05) is 5.73 Å². The summed E-state index contributed by atoms with van der Waals surface area (Å²) in [5.74, 6) is -0.313. The van der Waals surface area contributed by atoms with E-state index in [2.05, 4.69) is 36.2 Å². The highest BCUT2D eigenvalue weighted by Crippen LogP contribution is 2.39. The van der Waals surface area contributed by atoms with Crippen molar-refractivity contribution in [1.82, 2.24) is 34.9 Å². The van der Waals surface area contributed by atoms with Crippen molar-refractivity contribution in [3.8, 4) is 28.5 Å². The number of rotatable bonds is 4. The summed E-state index contributed by atoms with van der Waals surface area (Å²) in [5, 5.41) is 18.9. The Kier molecular flexibility index (Phi) is 5.01. The summed E-state index contributed by atoms with van der Waals surface area (Å²) in [4.78, 5) is 18.9. The number of pyridine rings is 2. The monoisotopic (exact) mass is 473 g/mol. The Balaban J connectivity index is 1.64. The van der Waals surface area contributed by atoms with Crippen LogP contribution in [0.3, 0.4) is 0 Å². The van der Waals surface area contributed by atoms with Crippen molar-refractivity contribution >= 4 is 27.9 Å². The second kappa shape index (κ2) is 8.48. The Labute approximate surface area is 203 Å². The maximum absolute atomic E-state index is 14.3. The molecule has 0 bridgehead atoms. The largest absolute Gasteiger partial charge is 0.382 e. The first-order valence-corrected chi connectivity index (χ1v) is 11.0. The van der Waals surface area contributed by atoms with Crippen molar-refractivity contribution in [2.24, 2.45) is 0 Å². The third-order valence-corrected chi connectivity index (χ3v) is 5.79. The van der Waals surface area contributed by atoms with E-state index in [1.165, 1.54) is 23.1 Å².